The van der Waals surface area contributed by atoms with Crippen molar-refractivity contribution in [3.63, 3.8) is 0 Å². The molecule has 1 unspecified atom stereocenters. The number of amides is 2. The molecule has 1 aliphatic carbocycles. The summed E-state index contributed by atoms with van der Waals surface area (Å²) < 4.78 is 5.68. The zero-order valence-corrected chi connectivity index (χ0v) is 22.7. The van der Waals surface area contributed by atoms with Crippen LogP contribution in [0.15, 0.2) is 24.3 Å². The predicted molar refractivity (Wildman–Crippen MR) is 141 cm³/mol. The summed E-state index contributed by atoms with van der Waals surface area (Å²) in [7, 11) is 1.81. The van der Waals surface area contributed by atoms with Crippen LogP contribution in [-0.4, -0.2) is 91.0 Å². The van der Waals surface area contributed by atoms with Crippen LogP contribution in [0, 0.1) is 5.41 Å². The number of likely N-dealkylation sites (N-methyl/N-ethyl adjacent to an activating group) is 1. The van der Waals surface area contributed by atoms with Crippen molar-refractivity contribution in [1.82, 2.24) is 20.4 Å². The number of Topliss-reactive ketones (excluding diaryl/α,β-unsaturated/α-hetero) is 1. The summed E-state index contributed by atoms with van der Waals surface area (Å²) in [6.45, 7) is 8.53. The van der Waals surface area contributed by atoms with Gasteiger partial charge in [-0.3, -0.25) is 14.4 Å². The number of ether oxygens (including phenoxy) is 1. The average molecular weight is 511 g/mol. The topological polar surface area (TPSA) is 91.0 Å². The number of likely N-dealkylation sites (tertiary alicyclic amines) is 2. The Kier molecular flexibility index (Phi) is 7.44. The summed E-state index contributed by atoms with van der Waals surface area (Å²) in [5.74, 6) is -0.0484. The monoisotopic (exact) mass is 510 g/mol. The van der Waals surface area contributed by atoms with Gasteiger partial charge in [-0.25, -0.2) is 0 Å². The van der Waals surface area contributed by atoms with Gasteiger partial charge in [0.25, 0.3) is 5.91 Å². The first kappa shape index (κ1) is 26.3. The molecule has 0 aromatic heterocycles. The van der Waals surface area contributed by atoms with E-state index >= 15 is 0 Å². The van der Waals surface area contributed by atoms with Crippen LogP contribution in [-0.2, 0) is 14.3 Å². The molecule has 37 heavy (non-hydrogen) atoms. The number of fused-ring (bicyclic) bond motifs is 1. The van der Waals surface area contributed by atoms with Crippen LogP contribution in [0.3, 0.4) is 0 Å². The minimum absolute atomic E-state index is 0.0236. The Morgan fingerprint density at radius 1 is 1.05 bits per heavy atom. The third-order valence-corrected chi connectivity index (χ3v) is 8.99. The molecule has 8 heteroatoms. The second-order valence-corrected chi connectivity index (χ2v) is 12.4. The smallest absolute Gasteiger partial charge is 0.251 e. The first-order chi connectivity index (χ1) is 17.7. The van der Waals surface area contributed by atoms with Gasteiger partial charge in [0.2, 0.25) is 5.91 Å². The lowest BCUT2D eigenvalue weighted by Crippen LogP contribution is -2.57. The SMILES string of the molecule is CN[C@H]1CN(C(=O)C(NC(=O)c2ccc(C3CCN(C4CCC4)CC3)cc2)C(C)(C)C)[C@@H]2C(=O)CO[C@H]12. The number of hydrogen-bond donors (Lipinski definition) is 2. The van der Waals surface area contributed by atoms with E-state index < -0.39 is 17.5 Å². The van der Waals surface area contributed by atoms with E-state index in [4.69, 9.17) is 4.74 Å². The number of benzene rings is 1. The molecule has 3 heterocycles. The third kappa shape index (κ3) is 5.20. The van der Waals surface area contributed by atoms with E-state index in [1.165, 1.54) is 24.8 Å². The van der Waals surface area contributed by atoms with Gasteiger partial charge >= 0.3 is 0 Å². The standard InChI is InChI=1S/C29H42N4O4/c1-29(2,3)26(28(36)33-16-22(30-4)25-24(33)23(34)17-37-25)31-27(35)20-10-8-18(9-11-20)19-12-14-32(15-13-19)21-6-5-7-21/h8-11,19,21-22,24-26,30H,5-7,12-17H2,1-4H3,(H,31,35)/t22-,24+,25+,26?/m0/s1. The molecule has 3 aliphatic heterocycles. The lowest BCUT2D eigenvalue weighted by atomic mass is 9.84. The Bertz CT molecular complexity index is 1010. The first-order valence-electron chi connectivity index (χ1n) is 13.9. The highest BCUT2D eigenvalue weighted by Gasteiger charge is 2.53. The Morgan fingerprint density at radius 2 is 1.73 bits per heavy atom. The van der Waals surface area contributed by atoms with Crippen LogP contribution in [0.1, 0.15) is 74.7 Å². The fourth-order valence-corrected chi connectivity index (χ4v) is 6.42. The number of piperidine rings is 1. The minimum Gasteiger partial charge on any atom is -0.366 e. The molecule has 3 saturated heterocycles. The third-order valence-electron chi connectivity index (χ3n) is 8.99. The molecule has 2 amide bonds. The van der Waals surface area contributed by atoms with Crippen molar-refractivity contribution in [3.05, 3.63) is 35.4 Å². The van der Waals surface area contributed by atoms with Crippen molar-refractivity contribution in [1.29, 1.82) is 0 Å². The van der Waals surface area contributed by atoms with Crippen molar-refractivity contribution < 1.29 is 19.1 Å². The Labute approximate surface area is 220 Å². The second kappa shape index (κ2) is 10.5. The summed E-state index contributed by atoms with van der Waals surface area (Å²) in [5, 5.41) is 6.17. The van der Waals surface area contributed by atoms with Gasteiger partial charge in [0.05, 0.1) is 6.04 Å². The van der Waals surface area contributed by atoms with Crippen LogP contribution in [0.25, 0.3) is 0 Å². The van der Waals surface area contributed by atoms with Gasteiger partial charge in [-0.2, -0.15) is 0 Å². The van der Waals surface area contributed by atoms with Gasteiger partial charge in [0.15, 0.2) is 5.78 Å². The average Bonchev–Trinajstić information content (AvgIpc) is 3.41. The lowest BCUT2D eigenvalue weighted by molar-refractivity contribution is -0.140. The van der Waals surface area contributed by atoms with Crippen molar-refractivity contribution >= 4 is 17.6 Å². The van der Waals surface area contributed by atoms with E-state index in [9.17, 15) is 14.4 Å². The fraction of sp³-hybridized carbons (Fsp3) is 0.690. The molecular weight excluding hydrogens is 468 g/mol. The van der Waals surface area contributed by atoms with Gasteiger partial charge < -0.3 is 25.2 Å². The lowest BCUT2D eigenvalue weighted by Gasteiger charge is -2.42. The number of hydrogen-bond acceptors (Lipinski definition) is 6. The highest BCUT2D eigenvalue weighted by Crippen LogP contribution is 2.34. The van der Waals surface area contributed by atoms with Crippen molar-refractivity contribution in [2.75, 3.05) is 33.3 Å². The normalized spacial score (nSPS) is 28.2. The molecule has 202 valence electrons. The van der Waals surface area contributed by atoms with E-state index in [-0.39, 0.29) is 36.4 Å². The Hall–Kier alpha value is -2.29. The largest absolute Gasteiger partial charge is 0.366 e. The van der Waals surface area contributed by atoms with Crippen molar-refractivity contribution in [2.45, 2.75) is 89.1 Å². The maximum absolute atomic E-state index is 13.7. The zero-order valence-electron chi connectivity index (χ0n) is 22.7. The summed E-state index contributed by atoms with van der Waals surface area (Å²) in [6.07, 6.45) is 6.06. The van der Waals surface area contributed by atoms with Gasteiger partial charge in [-0.15, -0.1) is 0 Å². The van der Waals surface area contributed by atoms with Crippen LogP contribution in [0.4, 0.5) is 0 Å². The fourth-order valence-electron chi connectivity index (χ4n) is 6.42. The zero-order chi connectivity index (χ0) is 26.3. The molecule has 1 saturated carbocycles. The summed E-state index contributed by atoms with van der Waals surface area (Å²) in [4.78, 5) is 43.8. The molecule has 0 spiro atoms. The summed E-state index contributed by atoms with van der Waals surface area (Å²) >= 11 is 0. The second-order valence-electron chi connectivity index (χ2n) is 12.4. The van der Waals surface area contributed by atoms with Crippen molar-refractivity contribution in [3.8, 4) is 0 Å². The minimum atomic E-state index is -0.764. The quantitative estimate of drug-likeness (QED) is 0.611. The number of nitrogens with one attached hydrogen (secondary N) is 2. The molecule has 0 radical (unpaired) electrons. The van der Waals surface area contributed by atoms with E-state index in [1.807, 2.05) is 40.0 Å². The summed E-state index contributed by atoms with van der Waals surface area (Å²) in [6, 6.07) is 7.24. The highest BCUT2D eigenvalue weighted by atomic mass is 16.5. The van der Waals surface area contributed by atoms with Gasteiger partial charge in [-0.1, -0.05) is 39.3 Å². The number of ketones is 1. The van der Waals surface area contributed by atoms with Gasteiger partial charge in [0, 0.05) is 18.2 Å². The van der Waals surface area contributed by atoms with E-state index in [2.05, 4.69) is 27.7 Å². The number of rotatable bonds is 6. The van der Waals surface area contributed by atoms with E-state index in [1.54, 1.807) is 4.90 Å². The molecular formula is C29H42N4O4. The maximum atomic E-state index is 13.7. The number of carbonyl (C=O) groups excluding carboxylic acids is 3. The number of nitrogens with zero attached hydrogens (tertiary/aromatic N) is 2. The van der Waals surface area contributed by atoms with Crippen LogP contribution in [0.2, 0.25) is 0 Å². The molecule has 1 aromatic carbocycles. The van der Waals surface area contributed by atoms with E-state index in [0.717, 1.165) is 32.0 Å². The molecule has 1 aromatic rings. The van der Waals surface area contributed by atoms with Crippen LogP contribution < -0.4 is 10.6 Å². The summed E-state index contributed by atoms with van der Waals surface area (Å²) in [5.41, 5.74) is 1.30. The first-order valence-corrected chi connectivity index (χ1v) is 13.9. The molecule has 5 rings (SSSR count). The van der Waals surface area contributed by atoms with Crippen LogP contribution >= 0.6 is 0 Å². The molecule has 0 bridgehead atoms. The molecule has 4 aliphatic rings. The maximum Gasteiger partial charge on any atom is 0.251 e. The van der Waals surface area contributed by atoms with E-state index in [0.29, 0.717) is 18.0 Å². The predicted octanol–water partition coefficient (Wildman–Crippen LogP) is 2.33. The molecule has 4 fully saturated rings. The van der Waals surface area contributed by atoms with Gasteiger partial charge in [0.1, 0.15) is 24.8 Å². The Balaban J connectivity index is 1.24. The number of carbonyl (C=O) groups is 3. The van der Waals surface area contributed by atoms with Crippen molar-refractivity contribution in [2.24, 2.45) is 5.41 Å². The van der Waals surface area contributed by atoms with Crippen LogP contribution in [0.5, 0.6) is 0 Å². The molecule has 4 atom stereocenters. The molecule has 2 N–H and O–H groups in total. The highest BCUT2D eigenvalue weighted by molar-refractivity contribution is 5.99. The van der Waals surface area contributed by atoms with Gasteiger partial charge in [-0.05, 0) is 74.8 Å². The Morgan fingerprint density at radius 3 is 2.30 bits per heavy atom. The molecule has 8 nitrogen and oxygen atoms in total.